The number of aromatic nitrogens is 8. The number of nitrogens with zero attached hydrogens (tertiary/aromatic N) is 12. The minimum atomic E-state index is -0.0559. The fourth-order valence-corrected chi connectivity index (χ4v) is 9.05. The first-order valence-corrected chi connectivity index (χ1v) is 25.3. The minimum Gasteiger partial charge on any atom is -0.382 e. The zero-order valence-corrected chi connectivity index (χ0v) is 43.9. The number of nitrogen functional groups attached to an aromatic ring is 1. The molecule has 2 fully saturated rings. The van der Waals surface area contributed by atoms with Crippen LogP contribution in [0.1, 0.15) is 61.3 Å². The third-order valence-electron chi connectivity index (χ3n) is 12.9. The number of nitrogens with one attached hydrogen (secondary N) is 3. The molecule has 2 saturated heterocycles. The van der Waals surface area contributed by atoms with Crippen molar-refractivity contribution >= 4 is 41.1 Å². The quantitative estimate of drug-likeness (QED) is 0.0965. The molecule has 5 N–H and O–H groups in total. The largest absolute Gasteiger partial charge is 0.382 e. The highest BCUT2D eigenvalue weighted by molar-refractivity contribution is 6.29. The molecule has 8 heterocycles. The second kappa shape index (κ2) is 23.9. The summed E-state index contributed by atoms with van der Waals surface area (Å²) in [6.45, 7) is 21.4. The van der Waals surface area contributed by atoms with E-state index in [1.807, 2.05) is 93.4 Å². The molecule has 4 aliphatic rings. The van der Waals surface area contributed by atoms with Gasteiger partial charge in [-0.25, -0.2) is 29.5 Å². The van der Waals surface area contributed by atoms with E-state index < -0.39 is 0 Å². The van der Waals surface area contributed by atoms with E-state index in [-0.39, 0.29) is 36.5 Å². The third-order valence-corrected chi connectivity index (χ3v) is 13.1. The molecule has 0 bridgehead atoms. The molecule has 388 valence electrons. The van der Waals surface area contributed by atoms with Gasteiger partial charge in [0.25, 0.3) is 0 Å². The molecule has 0 radical (unpaired) electrons. The molecule has 6 aromatic rings. The summed E-state index contributed by atoms with van der Waals surface area (Å²) in [5.41, 5.74) is 15.9. The molecule has 2 aromatic carbocycles. The highest BCUT2D eigenvalue weighted by atomic mass is 35.5. The number of aryl methyl sites for hydroxylation is 2. The SMILES string of the molecule is CN1CCn2nc(N)cc2C1.Cc1cc(-c2cc(Cl)ncn2)ccc1CNC(=O)N1CC(OC(C)C)C1.Cc1cc(-c2cc(Nc3cc4n(n3)CCN(C)C4)ncn2)ccc1CNC(=O)N1CC(OC(C)C)C1. The van der Waals surface area contributed by atoms with Crippen LogP contribution in [0.2, 0.25) is 5.15 Å². The first-order chi connectivity index (χ1) is 35.0. The fraction of sp³-hybridized carbons (Fsp3) is 0.462. The number of amides is 4. The fourth-order valence-electron chi connectivity index (χ4n) is 8.91. The Bertz CT molecular complexity index is 2840. The van der Waals surface area contributed by atoms with E-state index in [0.29, 0.717) is 56.1 Å². The van der Waals surface area contributed by atoms with Crippen molar-refractivity contribution < 1.29 is 19.1 Å². The predicted molar refractivity (Wildman–Crippen MR) is 282 cm³/mol. The van der Waals surface area contributed by atoms with E-state index in [1.54, 1.807) is 22.2 Å². The number of urea groups is 2. The number of hydrogen-bond donors (Lipinski definition) is 4. The number of carbonyl (C=O) groups excluding carboxylic acids is 2. The molecule has 4 aromatic heterocycles. The number of nitrogens with two attached hydrogens (primary N) is 1. The second-order valence-corrected chi connectivity index (χ2v) is 20.1. The molecule has 20 nitrogen and oxygen atoms in total. The zero-order valence-electron chi connectivity index (χ0n) is 43.2. The Morgan fingerprint density at radius 3 is 1.64 bits per heavy atom. The normalized spacial score (nSPS) is 15.8. The van der Waals surface area contributed by atoms with Gasteiger partial charge < -0.3 is 41.0 Å². The van der Waals surface area contributed by atoms with E-state index >= 15 is 0 Å². The number of hydrogen-bond acceptors (Lipinski definition) is 14. The van der Waals surface area contributed by atoms with Gasteiger partial charge in [-0.3, -0.25) is 19.2 Å². The first-order valence-electron chi connectivity index (χ1n) is 24.9. The molecule has 0 saturated carbocycles. The molecule has 4 amide bonds. The van der Waals surface area contributed by atoms with E-state index in [1.165, 1.54) is 17.7 Å². The lowest BCUT2D eigenvalue weighted by Crippen LogP contribution is -2.58. The molecule has 0 atom stereocenters. The minimum absolute atomic E-state index is 0.0544. The molecule has 10 rings (SSSR count). The van der Waals surface area contributed by atoms with Crippen LogP contribution in [0.25, 0.3) is 22.5 Å². The van der Waals surface area contributed by atoms with Crippen molar-refractivity contribution in [1.82, 2.24) is 69.7 Å². The van der Waals surface area contributed by atoms with Crippen LogP contribution in [0.3, 0.4) is 0 Å². The van der Waals surface area contributed by atoms with E-state index in [4.69, 9.17) is 26.8 Å². The first kappa shape index (κ1) is 52.6. The van der Waals surface area contributed by atoms with Gasteiger partial charge in [0, 0.05) is 74.7 Å². The lowest BCUT2D eigenvalue weighted by atomic mass is 10.0. The van der Waals surface area contributed by atoms with Gasteiger partial charge in [0.2, 0.25) is 0 Å². The summed E-state index contributed by atoms with van der Waals surface area (Å²) in [6, 6.07) is 19.7. The highest BCUT2D eigenvalue weighted by Gasteiger charge is 2.33. The van der Waals surface area contributed by atoms with Crippen LogP contribution in [-0.4, -0.2) is 149 Å². The Morgan fingerprint density at radius 1 is 0.644 bits per heavy atom. The van der Waals surface area contributed by atoms with Gasteiger partial charge in [-0.05, 0) is 90.0 Å². The van der Waals surface area contributed by atoms with Gasteiger partial charge in [-0.15, -0.1) is 0 Å². The Labute approximate surface area is 432 Å². The number of likely N-dealkylation sites (tertiary alicyclic amines) is 2. The Morgan fingerprint density at radius 2 is 1.14 bits per heavy atom. The number of benzene rings is 2. The highest BCUT2D eigenvalue weighted by Crippen LogP contribution is 2.26. The summed E-state index contributed by atoms with van der Waals surface area (Å²) in [5.74, 6) is 2.12. The second-order valence-electron chi connectivity index (χ2n) is 19.7. The Kier molecular flexibility index (Phi) is 17.2. The summed E-state index contributed by atoms with van der Waals surface area (Å²) < 4.78 is 15.4. The number of likely N-dealkylation sites (N-methyl/N-ethyl adjacent to an activating group) is 2. The maximum absolute atomic E-state index is 12.4. The van der Waals surface area contributed by atoms with Crippen LogP contribution in [0.15, 0.2) is 73.3 Å². The average Bonchev–Trinajstić information content (AvgIpc) is 3.91. The number of carbonyl (C=O) groups is 2. The monoisotopic (exact) mass is 1020 g/mol. The van der Waals surface area contributed by atoms with Crippen molar-refractivity contribution in [2.24, 2.45) is 0 Å². The molecule has 0 spiro atoms. The lowest BCUT2D eigenvalue weighted by Gasteiger charge is -2.39. The summed E-state index contributed by atoms with van der Waals surface area (Å²) in [5, 5.41) is 18.5. The Hall–Kier alpha value is -6.71. The third kappa shape index (κ3) is 14.3. The average molecular weight is 1020 g/mol. The van der Waals surface area contributed by atoms with Crippen molar-refractivity contribution in [1.29, 1.82) is 0 Å². The summed E-state index contributed by atoms with van der Waals surface area (Å²) >= 11 is 5.93. The molecular weight excluding hydrogens is 948 g/mol. The van der Waals surface area contributed by atoms with Gasteiger partial charge in [0.05, 0.1) is 86.5 Å². The number of ether oxygens (including phenoxy) is 2. The van der Waals surface area contributed by atoms with Crippen LogP contribution < -0.4 is 21.7 Å². The summed E-state index contributed by atoms with van der Waals surface area (Å²) in [4.78, 5) is 49.7. The van der Waals surface area contributed by atoms with Gasteiger partial charge in [-0.1, -0.05) is 35.9 Å². The van der Waals surface area contributed by atoms with Crippen molar-refractivity contribution in [3.8, 4) is 22.5 Å². The number of fused-ring (bicyclic) bond motifs is 2. The van der Waals surface area contributed by atoms with Crippen molar-refractivity contribution in [3.63, 3.8) is 0 Å². The van der Waals surface area contributed by atoms with Crippen LogP contribution in [0, 0.1) is 13.8 Å². The van der Waals surface area contributed by atoms with Gasteiger partial charge >= 0.3 is 12.1 Å². The maximum Gasteiger partial charge on any atom is 0.317 e. The molecule has 73 heavy (non-hydrogen) atoms. The summed E-state index contributed by atoms with van der Waals surface area (Å²) in [6.07, 6.45) is 3.68. The van der Waals surface area contributed by atoms with Crippen molar-refractivity contribution in [2.45, 2.75) is 105 Å². The predicted octanol–water partition coefficient (Wildman–Crippen LogP) is 6.49. The number of rotatable bonds is 12. The molecule has 21 heteroatoms. The number of anilines is 3. The summed E-state index contributed by atoms with van der Waals surface area (Å²) in [7, 11) is 4.22. The Balaban J connectivity index is 0.000000166. The number of halogens is 1. The van der Waals surface area contributed by atoms with Gasteiger partial charge in [0.15, 0.2) is 5.82 Å². The smallest absolute Gasteiger partial charge is 0.317 e. The van der Waals surface area contributed by atoms with E-state index in [2.05, 4.69) is 82.1 Å². The van der Waals surface area contributed by atoms with Crippen LogP contribution in [0.5, 0.6) is 0 Å². The van der Waals surface area contributed by atoms with Crippen LogP contribution >= 0.6 is 11.6 Å². The maximum atomic E-state index is 12.4. The van der Waals surface area contributed by atoms with E-state index in [9.17, 15) is 9.59 Å². The van der Waals surface area contributed by atoms with Crippen molar-refractivity contribution in [2.75, 3.05) is 64.4 Å². The molecule has 4 aliphatic heterocycles. The molecule has 0 aliphatic carbocycles. The standard InChI is InChI=1S/C26H34N8O2.C19H23ClN4O2.C7H12N4/c1-17(2)36-22-14-33(15-22)26(35)27-12-20-6-5-19(9-18(20)3)23-11-24(29-16-28-23)30-25-10-21-13-32(4)7-8-34(21)31-25;1-12(2)26-16-9-24(10-16)19(25)21-8-15-5-4-14(6-13(15)3)17-7-18(20)23-11-22-17;1-10-2-3-11-6(5-10)4-7(8)9-11/h5-6,9-11,16-17,22H,7-8,12-15H2,1-4H3,(H,27,35)(H,28,29,30,31);4-7,11-12,16H,8-10H2,1-3H3,(H,21,25);4H,2-3,5H2,1H3,(H2,8,9). The van der Waals surface area contributed by atoms with E-state index in [0.717, 1.165) is 89.9 Å². The van der Waals surface area contributed by atoms with Crippen molar-refractivity contribution in [3.05, 3.63) is 112 Å². The van der Waals surface area contributed by atoms with Crippen LogP contribution in [0.4, 0.5) is 27.0 Å². The topological polar surface area (TPSA) is 215 Å². The zero-order chi connectivity index (χ0) is 51.8. The van der Waals surface area contributed by atoms with Gasteiger partial charge in [0.1, 0.15) is 29.4 Å². The molecular formula is C52H69ClN16O4. The van der Waals surface area contributed by atoms with Crippen LogP contribution in [-0.2, 0) is 48.7 Å². The lowest BCUT2D eigenvalue weighted by molar-refractivity contribution is -0.0642. The van der Waals surface area contributed by atoms with Gasteiger partial charge in [-0.2, -0.15) is 10.2 Å². The molecule has 0 unspecified atom stereocenters.